The van der Waals surface area contributed by atoms with E-state index in [0.29, 0.717) is 30.4 Å². The lowest BCUT2D eigenvalue weighted by Crippen LogP contribution is -2.59. The Kier molecular flexibility index (Phi) is 10.3. The summed E-state index contributed by atoms with van der Waals surface area (Å²) in [5, 5.41) is 11.2. The minimum Gasteiger partial charge on any atom is -0.444 e. The van der Waals surface area contributed by atoms with Crippen molar-refractivity contribution in [3.8, 4) is 0 Å². The first-order chi connectivity index (χ1) is 25.1. The molecule has 4 amide bonds. The molecule has 3 fully saturated rings. The second-order valence-corrected chi connectivity index (χ2v) is 19.1. The van der Waals surface area contributed by atoms with Gasteiger partial charge in [0.25, 0.3) is 5.91 Å². The van der Waals surface area contributed by atoms with Crippen molar-refractivity contribution in [2.75, 3.05) is 6.54 Å². The highest BCUT2D eigenvalue weighted by molar-refractivity contribution is 8.02. The highest BCUT2D eigenvalue weighted by atomic mass is 32.2. The van der Waals surface area contributed by atoms with Gasteiger partial charge in [0, 0.05) is 35.6 Å². The van der Waals surface area contributed by atoms with E-state index >= 15 is 0 Å². The number of nitrogens with one attached hydrogen (secondary N) is 4. The van der Waals surface area contributed by atoms with Gasteiger partial charge in [0.1, 0.15) is 29.0 Å². The number of fused-ring (bicyclic) bond motifs is 3. The van der Waals surface area contributed by atoms with Gasteiger partial charge in [0.2, 0.25) is 21.8 Å². The summed E-state index contributed by atoms with van der Waals surface area (Å²) < 4.78 is 48.2. The van der Waals surface area contributed by atoms with Gasteiger partial charge in [-0.2, -0.15) is 0 Å². The molecule has 53 heavy (non-hydrogen) atoms. The molecule has 1 saturated heterocycles. The highest BCUT2D eigenvalue weighted by Crippen LogP contribution is 2.46. The molecule has 2 aliphatic carbocycles. The smallest absolute Gasteiger partial charge is 0.410 e. The number of allylic oxidation sites excluding steroid dienone is 2. The number of hydrogen-bond donors (Lipinski definition) is 4. The third-order valence-corrected chi connectivity index (χ3v) is 13.8. The highest BCUT2D eigenvalue weighted by Gasteiger charge is 2.62. The van der Waals surface area contributed by atoms with Crippen LogP contribution < -0.4 is 20.7 Å². The molecule has 1 aromatic rings. The van der Waals surface area contributed by atoms with E-state index in [-0.39, 0.29) is 49.3 Å². The predicted octanol–water partition coefficient (Wildman–Crippen LogP) is 3.72. The number of amides is 4. The number of carbonyl (C=O) groups is 4. The Morgan fingerprint density at radius 2 is 1.89 bits per heavy atom. The van der Waals surface area contributed by atoms with Crippen molar-refractivity contribution < 1.29 is 36.7 Å². The zero-order valence-electron chi connectivity index (χ0n) is 30.4. The number of thioether (sulfide) groups is 1. The quantitative estimate of drug-likeness (QED) is 0.313. The number of nitrogens with zero attached hydrogens (tertiary/aromatic N) is 2. The number of halogens is 1. The molecule has 0 bridgehead atoms. The van der Waals surface area contributed by atoms with E-state index in [4.69, 9.17) is 4.74 Å². The zero-order valence-corrected chi connectivity index (χ0v) is 32.0. The maximum atomic E-state index is 14.6. The van der Waals surface area contributed by atoms with Crippen LogP contribution in [0.25, 0.3) is 0 Å². The third kappa shape index (κ3) is 8.09. The van der Waals surface area contributed by atoms with Crippen molar-refractivity contribution in [3.63, 3.8) is 0 Å². The number of sulfonamides is 1. The van der Waals surface area contributed by atoms with Crippen LogP contribution in [0.15, 0.2) is 41.5 Å². The maximum Gasteiger partial charge on any atom is 0.410 e. The van der Waals surface area contributed by atoms with Gasteiger partial charge >= 0.3 is 6.09 Å². The summed E-state index contributed by atoms with van der Waals surface area (Å²) in [5.74, 6) is -2.57. The molecular formula is C37H49FN6O7S2. The first kappa shape index (κ1) is 37.7. The lowest BCUT2D eigenvalue weighted by atomic mass is 9.93. The van der Waals surface area contributed by atoms with Crippen LogP contribution in [0.2, 0.25) is 0 Å². The van der Waals surface area contributed by atoms with Crippen LogP contribution in [0.1, 0.15) is 89.7 Å². The Morgan fingerprint density at radius 1 is 1.09 bits per heavy atom. The Hall–Kier alpha value is -3.63. The SMILES string of the molecule is CC(C)(C)C1=CSC(NC2CCCCC/C=C\C3CC3(C(=O)NS(=O)(=O)C3CC3)NC(=O)C3CC(OC(=O)N4Cc5cccc(F)c5C4)CN3C2=O)N1. The van der Waals surface area contributed by atoms with E-state index in [2.05, 4.69) is 41.4 Å². The number of benzene rings is 1. The van der Waals surface area contributed by atoms with Crippen LogP contribution in [-0.4, -0.2) is 83.1 Å². The summed E-state index contributed by atoms with van der Waals surface area (Å²) in [6.07, 6.45) is 7.12. The van der Waals surface area contributed by atoms with Gasteiger partial charge in [0.15, 0.2) is 0 Å². The molecular weight excluding hydrogens is 724 g/mol. The Bertz CT molecular complexity index is 1830. The minimum atomic E-state index is -3.89. The van der Waals surface area contributed by atoms with Gasteiger partial charge in [0.05, 0.1) is 24.4 Å². The van der Waals surface area contributed by atoms with E-state index in [9.17, 15) is 32.0 Å². The van der Waals surface area contributed by atoms with Crippen LogP contribution in [0.4, 0.5) is 9.18 Å². The van der Waals surface area contributed by atoms with Crippen molar-refractivity contribution in [1.82, 2.24) is 30.5 Å². The second kappa shape index (κ2) is 14.5. The summed E-state index contributed by atoms with van der Waals surface area (Å²) in [6.45, 7) is 6.45. The fourth-order valence-electron chi connectivity index (χ4n) is 7.60. The molecule has 2 saturated carbocycles. The van der Waals surface area contributed by atoms with E-state index in [1.165, 1.54) is 27.6 Å². The zero-order chi connectivity index (χ0) is 37.7. The summed E-state index contributed by atoms with van der Waals surface area (Å²) >= 11 is 1.54. The average Bonchev–Trinajstić information content (AvgIpc) is 3.88. The molecule has 4 heterocycles. The first-order valence-corrected chi connectivity index (χ1v) is 21.1. The van der Waals surface area contributed by atoms with Gasteiger partial charge < -0.3 is 20.3 Å². The molecule has 0 spiro atoms. The van der Waals surface area contributed by atoms with Crippen LogP contribution in [0.3, 0.4) is 0 Å². The molecule has 4 N–H and O–H groups in total. The monoisotopic (exact) mass is 772 g/mol. The van der Waals surface area contributed by atoms with E-state index in [1.54, 1.807) is 12.1 Å². The molecule has 6 aliphatic rings. The van der Waals surface area contributed by atoms with Crippen molar-refractivity contribution in [2.24, 2.45) is 11.3 Å². The first-order valence-electron chi connectivity index (χ1n) is 18.6. The van der Waals surface area contributed by atoms with Gasteiger partial charge in [-0.15, -0.1) is 0 Å². The molecule has 4 aliphatic heterocycles. The molecule has 13 nitrogen and oxygen atoms in total. The average molecular weight is 773 g/mol. The fraction of sp³-hybridized carbons (Fsp3) is 0.622. The molecule has 7 rings (SSSR count). The lowest BCUT2D eigenvalue weighted by Gasteiger charge is -2.31. The predicted molar refractivity (Wildman–Crippen MR) is 196 cm³/mol. The number of carbonyl (C=O) groups excluding carboxylic acids is 4. The minimum absolute atomic E-state index is 0.0318. The number of rotatable bonds is 6. The third-order valence-electron chi connectivity index (χ3n) is 11.1. The standard InChI is InChI=1S/C37H49FN6O7S2/c1-36(2,3)30-21-52-34(40-30)39-28-13-8-6-4-5-7-11-23-17-37(23,33(47)42-53(49,50)25-14-15-25)41-31(45)29-16-24(19-44(29)32(28)46)51-35(48)43-18-22-10-9-12-27(38)26(22)20-43/h7,9-12,21,23-25,28-29,34,39-40H,4-6,8,13-20H2,1-3H3,(H,41,45)(H,42,47)/b11-7-. The van der Waals surface area contributed by atoms with Gasteiger partial charge in [-0.25, -0.2) is 17.6 Å². The van der Waals surface area contributed by atoms with Crippen LogP contribution in [0, 0.1) is 17.2 Å². The number of ether oxygens (including phenoxy) is 1. The van der Waals surface area contributed by atoms with Gasteiger partial charge in [-0.1, -0.05) is 69.7 Å². The van der Waals surface area contributed by atoms with Crippen molar-refractivity contribution in [1.29, 1.82) is 0 Å². The number of hydrogen-bond acceptors (Lipinski definition) is 10. The summed E-state index contributed by atoms with van der Waals surface area (Å²) in [7, 11) is -3.89. The van der Waals surface area contributed by atoms with Gasteiger partial charge in [-0.05, 0) is 55.6 Å². The maximum absolute atomic E-state index is 14.6. The fourth-order valence-corrected chi connectivity index (χ4v) is 10.1. The summed E-state index contributed by atoms with van der Waals surface area (Å²) in [4.78, 5) is 58.8. The van der Waals surface area contributed by atoms with Crippen molar-refractivity contribution >= 4 is 45.6 Å². The largest absolute Gasteiger partial charge is 0.444 e. The molecule has 0 aromatic heterocycles. The Labute approximate surface area is 314 Å². The Balaban J connectivity index is 1.13. The van der Waals surface area contributed by atoms with Gasteiger partial charge in [-0.3, -0.25) is 29.3 Å². The molecule has 1 aromatic carbocycles. The normalized spacial score (nSPS) is 31.2. The van der Waals surface area contributed by atoms with E-state index < -0.39 is 68.6 Å². The van der Waals surface area contributed by atoms with Crippen LogP contribution in [-0.2, 0) is 42.2 Å². The summed E-state index contributed by atoms with van der Waals surface area (Å²) in [5.41, 5.74) is 0.249. The second-order valence-electron chi connectivity index (χ2n) is 16.2. The van der Waals surface area contributed by atoms with Crippen molar-refractivity contribution in [2.45, 2.75) is 126 Å². The lowest BCUT2D eigenvalue weighted by molar-refractivity contribution is -0.141. The molecule has 6 atom stereocenters. The van der Waals surface area contributed by atoms with Crippen LogP contribution in [0.5, 0.6) is 0 Å². The molecule has 0 radical (unpaired) electrons. The molecule has 288 valence electrons. The summed E-state index contributed by atoms with van der Waals surface area (Å²) in [6, 6.07) is 2.91. The van der Waals surface area contributed by atoms with Crippen molar-refractivity contribution in [3.05, 3.63) is 58.4 Å². The van der Waals surface area contributed by atoms with Crippen LogP contribution >= 0.6 is 11.8 Å². The van der Waals surface area contributed by atoms with E-state index in [0.717, 1.165) is 31.4 Å². The van der Waals surface area contributed by atoms with E-state index in [1.807, 2.05) is 17.6 Å². The topological polar surface area (TPSA) is 166 Å². The molecule has 16 heteroatoms. The molecule has 6 unspecified atom stereocenters. The Morgan fingerprint density at radius 3 is 2.60 bits per heavy atom.